The molecule has 2 aromatic heterocycles. The zero-order chi connectivity index (χ0) is 33.6. The van der Waals surface area contributed by atoms with Gasteiger partial charge in [-0.3, -0.25) is 9.59 Å². The summed E-state index contributed by atoms with van der Waals surface area (Å²) in [7, 11) is 0. The Hall–Kier alpha value is -5.24. The topological polar surface area (TPSA) is 195 Å². The van der Waals surface area contributed by atoms with E-state index in [4.69, 9.17) is 24.3 Å². The van der Waals surface area contributed by atoms with E-state index in [9.17, 15) is 29.1 Å². The van der Waals surface area contributed by atoms with Crippen molar-refractivity contribution in [3.05, 3.63) is 69.0 Å². The molecule has 0 fully saturated rings. The molecular weight excluding hydrogens is 600 g/mol. The van der Waals surface area contributed by atoms with Crippen LogP contribution in [0.1, 0.15) is 56.4 Å². The molecule has 46 heavy (non-hydrogen) atoms. The van der Waals surface area contributed by atoms with Gasteiger partial charge in [-0.25, -0.2) is 19.4 Å². The number of amides is 2. The first-order valence-electron chi connectivity index (χ1n) is 14.5. The summed E-state index contributed by atoms with van der Waals surface area (Å²) >= 11 is 0. The van der Waals surface area contributed by atoms with Crippen LogP contribution in [0.4, 0.5) is 4.79 Å². The summed E-state index contributed by atoms with van der Waals surface area (Å²) in [6.07, 6.45) is -0.762. The van der Waals surface area contributed by atoms with Crippen LogP contribution < -0.4 is 20.9 Å². The molecule has 0 spiro atoms. The highest BCUT2D eigenvalue weighted by Gasteiger charge is 2.45. The Balaban J connectivity index is 1.55. The Bertz CT molecular complexity index is 1870. The van der Waals surface area contributed by atoms with E-state index in [1.807, 2.05) is 0 Å². The van der Waals surface area contributed by atoms with Gasteiger partial charge in [-0.15, -0.1) is 0 Å². The summed E-state index contributed by atoms with van der Waals surface area (Å²) < 4.78 is 17.5. The smallest absolute Gasteiger partial charge is 0.408 e. The fourth-order valence-corrected chi connectivity index (χ4v) is 5.38. The van der Waals surface area contributed by atoms with Gasteiger partial charge in [-0.2, -0.15) is 0 Å². The van der Waals surface area contributed by atoms with E-state index in [2.05, 4.69) is 17.2 Å². The first kappa shape index (κ1) is 32.2. The van der Waals surface area contributed by atoms with E-state index in [0.29, 0.717) is 39.2 Å². The van der Waals surface area contributed by atoms with Crippen molar-refractivity contribution < 1.29 is 43.6 Å². The third-order valence-corrected chi connectivity index (χ3v) is 7.75. The summed E-state index contributed by atoms with van der Waals surface area (Å²) in [6, 6.07) is 6.50. The van der Waals surface area contributed by atoms with Crippen LogP contribution in [0, 0.1) is 0 Å². The molecule has 2 aliphatic rings. The first-order valence-corrected chi connectivity index (χ1v) is 14.5. The van der Waals surface area contributed by atoms with E-state index >= 15 is 0 Å². The second-order valence-electron chi connectivity index (χ2n) is 12.0. The number of benzene rings is 1. The second-order valence-corrected chi connectivity index (χ2v) is 12.0. The Kier molecular flexibility index (Phi) is 8.34. The van der Waals surface area contributed by atoms with Crippen molar-refractivity contribution in [3.8, 4) is 17.1 Å². The summed E-state index contributed by atoms with van der Waals surface area (Å²) in [5, 5.41) is 26.1. The van der Waals surface area contributed by atoms with Gasteiger partial charge in [-0.1, -0.05) is 13.5 Å². The minimum Gasteiger partial charge on any atom is -0.489 e. The highest BCUT2D eigenvalue weighted by atomic mass is 16.6. The summed E-state index contributed by atoms with van der Waals surface area (Å²) in [4.78, 5) is 67.1. The Labute approximate surface area is 263 Å². The van der Waals surface area contributed by atoms with Crippen molar-refractivity contribution in [2.45, 2.75) is 65.0 Å². The van der Waals surface area contributed by atoms with Crippen LogP contribution in [0.3, 0.4) is 0 Å². The van der Waals surface area contributed by atoms with Crippen molar-refractivity contribution in [2.24, 2.45) is 0 Å². The van der Waals surface area contributed by atoms with Crippen molar-refractivity contribution in [2.75, 3.05) is 13.2 Å². The number of hydrogen-bond donors (Lipinski definition) is 4. The van der Waals surface area contributed by atoms with Crippen LogP contribution in [-0.2, 0) is 49.2 Å². The number of pyridine rings is 2. The van der Waals surface area contributed by atoms with Gasteiger partial charge >= 0.3 is 18.0 Å². The number of nitrogens with zero attached hydrogens (tertiary/aromatic N) is 2. The summed E-state index contributed by atoms with van der Waals surface area (Å²) in [5.41, 5.74) is -0.508. The molecule has 0 bridgehead atoms. The largest absolute Gasteiger partial charge is 0.489 e. The molecule has 4 heterocycles. The normalized spacial score (nSPS) is 16.5. The van der Waals surface area contributed by atoms with Crippen LogP contribution in [0.5, 0.6) is 5.75 Å². The van der Waals surface area contributed by atoms with Crippen molar-refractivity contribution in [3.63, 3.8) is 0 Å². The number of aliphatic hydroxyl groups is 1. The highest BCUT2D eigenvalue weighted by Crippen LogP contribution is 2.40. The number of rotatable bonds is 9. The number of nitrogens with one attached hydrogen (secondary N) is 2. The standard InChI is InChI=1S/C32H34N4O10/c1-6-32(43)22-10-24-26-20(13-36(24)27(38)21(22)15-45-29(32)41)19(11-33-25(37)12-34-30(42)46-31(3,4)5)18-9-17(7-8-23(18)35-26)44-14-16(2)28(39)40/h7-10,43H,2,6,11-15H2,1,3-5H3,(H,33,37)(H,34,42)(H,39,40)/t32-/m0/s1. The van der Waals surface area contributed by atoms with Gasteiger partial charge in [0.15, 0.2) is 5.60 Å². The number of esters is 1. The molecule has 0 saturated carbocycles. The average Bonchev–Trinajstić information content (AvgIpc) is 3.36. The van der Waals surface area contributed by atoms with Gasteiger partial charge in [0.05, 0.1) is 34.6 Å². The molecule has 0 unspecified atom stereocenters. The van der Waals surface area contributed by atoms with Crippen molar-refractivity contribution in [1.82, 2.24) is 20.2 Å². The van der Waals surface area contributed by atoms with E-state index < -0.39 is 40.7 Å². The van der Waals surface area contributed by atoms with E-state index in [0.717, 1.165) is 0 Å². The number of aliphatic carboxylic acids is 1. The molecule has 1 aromatic carbocycles. The van der Waals surface area contributed by atoms with Gasteiger partial charge in [0.25, 0.3) is 5.56 Å². The van der Waals surface area contributed by atoms with Crippen LogP contribution in [0.25, 0.3) is 22.3 Å². The number of aromatic nitrogens is 2. The Morgan fingerprint density at radius 2 is 1.89 bits per heavy atom. The molecule has 0 aliphatic carbocycles. The first-order chi connectivity index (χ1) is 21.6. The summed E-state index contributed by atoms with van der Waals surface area (Å²) in [5.74, 6) is -2.22. The predicted molar refractivity (Wildman–Crippen MR) is 163 cm³/mol. The fourth-order valence-electron chi connectivity index (χ4n) is 5.38. The van der Waals surface area contributed by atoms with Crippen molar-refractivity contribution in [1.29, 1.82) is 0 Å². The Morgan fingerprint density at radius 1 is 1.15 bits per heavy atom. The number of carboxylic acid groups (broad SMARTS) is 1. The van der Waals surface area contributed by atoms with E-state index in [1.165, 1.54) is 4.57 Å². The molecule has 5 rings (SSSR count). The zero-order valence-corrected chi connectivity index (χ0v) is 25.8. The van der Waals surface area contributed by atoms with Gasteiger partial charge < -0.3 is 39.6 Å². The maximum absolute atomic E-state index is 13.7. The number of fused-ring (bicyclic) bond motifs is 5. The highest BCUT2D eigenvalue weighted by molar-refractivity contribution is 5.91. The molecule has 2 amide bonds. The predicted octanol–water partition coefficient (Wildman–Crippen LogP) is 2.24. The quantitative estimate of drug-likeness (QED) is 0.156. The minimum atomic E-state index is -1.99. The molecule has 1 atom stereocenters. The van der Waals surface area contributed by atoms with Gasteiger partial charge in [0, 0.05) is 23.1 Å². The lowest BCUT2D eigenvalue weighted by Crippen LogP contribution is -2.44. The van der Waals surface area contributed by atoms with Crippen LogP contribution in [-0.4, -0.2) is 62.5 Å². The number of carbonyl (C=O) groups is 4. The van der Waals surface area contributed by atoms with Crippen LogP contribution in [0.2, 0.25) is 0 Å². The van der Waals surface area contributed by atoms with Gasteiger partial charge in [-0.05, 0) is 57.0 Å². The zero-order valence-electron chi connectivity index (χ0n) is 25.8. The van der Waals surface area contributed by atoms with E-state index in [1.54, 1.807) is 52.0 Å². The summed E-state index contributed by atoms with van der Waals surface area (Å²) in [6.45, 7) is 9.31. The van der Waals surface area contributed by atoms with Crippen LogP contribution >= 0.6 is 0 Å². The van der Waals surface area contributed by atoms with Crippen LogP contribution in [0.15, 0.2) is 41.2 Å². The molecule has 4 N–H and O–H groups in total. The van der Waals surface area contributed by atoms with Gasteiger partial charge in [0.2, 0.25) is 5.91 Å². The molecule has 14 nitrogen and oxygen atoms in total. The van der Waals surface area contributed by atoms with Gasteiger partial charge in [0.1, 0.15) is 31.1 Å². The maximum atomic E-state index is 13.7. The number of hydrogen-bond acceptors (Lipinski definition) is 10. The molecule has 3 aromatic rings. The number of carbonyl (C=O) groups excluding carboxylic acids is 3. The SMILES string of the molecule is C=C(COc1ccc2nc3c(c(CNC(=O)CNC(=O)OC(C)(C)C)c2c1)Cn1c-3cc2c(c1=O)COC(=O)[C@]2(O)CC)C(=O)O. The van der Waals surface area contributed by atoms with Crippen molar-refractivity contribution >= 4 is 34.8 Å². The lowest BCUT2D eigenvalue weighted by atomic mass is 9.86. The minimum absolute atomic E-state index is 0.00851. The monoisotopic (exact) mass is 634 g/mol. The third kappa shape index (κ3) is 6.03. The number of alkyl carbamates (subject to hydrolysis) is 1. The molecule has 2 aliphatic heterocycles. The average molecular weight is 635 g/mol. The number of cyclic esters (lactones) is 1. The number of ether oxygens (including phenoxy) is 3. The molecule has 0 saturated heterocycles. The maximum Gasteiger partial charge on any atom is 0.408 e. The van der Waals surface area contributed by atoms with E-state index in [-0.39, 0.29) is 56.0 Å². The lowest BCUT2D eigenvalue weighted by Gasteiger charge is -2.31. The third-order valence-electron chi connectivity index (χ3n) is 7.75. The molecule has 14 heteroatoms. The fraction of sp³-hybridized carbons (Fsp3) is 0.375. The molecule has 242 valence electrons. The lowest BCUT2D eigenvalue weighted by molar-refractivity contribution is -0.172. The second kappa shape index (κ2) is 11.9. The molecule has 0 radical (unpaired) electrons. The Morgan fingerprint density at radius 3 is 2.57 bits per heavy atom. The number of carboxylic acids is 1. The molecular formula is C32H34N4O10.